The second kappa shape index (κ2) is 17.1. The van der Waals surface area contributed by atoms with E-state index in [1.807, 2.05) is 146 Å². The van der Waals surface area contributed by atoms with Gasteiger partial charge >= 0.3 is 0 Å². The summed E-state index contributed by atoms with van der Waals surface area (Å²) in [6.45, 7) is 12.3. The lowest BCUT2D eigenvalue weighted by atomic mass is 9.67. The van der Waals surface area contributed by atoms with Crippen molar-refractivity contribution in [3.63, 3.8) is 0 Å². The zero-order valence-corrected chi connectivity index (χ0v) is 41.3. The fourth-order valence-corrected chi connectivity index (χ4v) is 13.0. The predicted octanol–water partition coefficient (Wildman–Crippen LogP) is 18.3. The first-order valence-electron chi connectivity index (χ1n) is 25.1. The normalized spacial score (nSPS) is 17.0. The lowest BCUT2D eigenvalue weighted by molar-refractivity contribution is 0.484. The fourth-order valence-electron chi connectivity index (χ4n) is 13.0. The van der Waals surface area contributed by atoms with Crippen LogP contribution in [0.15, 0.2) is 213 Å². The second-order valence-corrected chi connectivity index (χ2v) is 20.4. The molecule has 1 nitrogen and oxygen atoms in total. The first kappa shape index (κ1) is 46.8. The molecule has 0 saturated carbocycles. The van der Waals surface area contributed by atoms with E-state index >= 15 is 26.3 Å². The SMILES string of the molecule is C=Cc1ccc(C2(c3cc(F)c(F)cc3F)c3ccccc3-c3ccc(N(c4ccc5c(c4)C(C)(C)c4ccccc4-5)c4ccc5c(c4)C(c4ccc(C=C)cc4)(c4cc(F)c(F)cc4F)c4ccccc4-5)cc32)cc1. The van der Waals surface area contributed by atoms with Crippen molar-refractivity contribution in [3.8, 4) is 33.4 Å². The van der Waals surface area contributed by atoms with Gasteiger partial charge in [-0.2, -0.15) is 0 Å². The molecule has 0 saturated heterocycles. The van der Waals surface area contributed by atoms with E-state index in [9.17, 15) is 0 Å². The standard InChI is InChI=1S/C69H45F6N/c1-5-40-19-23-42(24-20-40)68(59-36-63(72)65(74)38-61(59)70)54-17-11-8-14-48(54)51-31-28-45(34-57(51)68)76(44-27-30-50-47-13-7-10-16-53(47)67(3,4)56(50)33-44)46-29-32-52-49-15-9-12-18-55(49)69(58(52)35-46,43-25-21-41(6-2)22-26-43)60-37-64(73)66(75)39-62(60)71/h5-39H,1-2H2,3-4H3. The third-order valence-electron chi connectivity index (χ3n) is 16.4. The number of nitrogens with zero attached hydrogens (tertiary/aromatic N) is 1. The zero-order chi connectivity index (χ0) is 52.4. The molecule has 7 heteroatoms. The molecule has 2 atom stereocenters. The minimum atomic E-state index is -1.51. The van der Waals surface area contributed by atoms with Gasteiger partial charge in [-0.05, 0) is 138 Å². The van der Waals surface area contributed by atoms with Crippen LogP contribution in [0.2, 0.25) is 0 Å². The third-order valence-corrected chi connectivity index (χ3v) is 16.4. The second-order valence-electron chi connectivity index (χ2n) is 20.4. The Morgan fingerprint density at radius 1 is 0.316 bits per heavy atom. The van der Waals surface area contributed by atoms with E-state index in [1.165, 1.54) is 5.56 Å². The van der Waals surface area contributed by atoms with Gasteiger partial charge in [0.1, 0.15) is 11.6 Å². The van der Waals surface area contributed by atoms with Crippen LogP contribution in [0.4, 0.5) is 43.4 Å². The van der Waals surface area contributed by atoms with E-state index < -0.39 is 51.1 Å². The number of benzene rings is 10. The highest BCUT2D eigenvalue weighted by atomic mass is 19.2. The van der Waals surface area contributed by atoms with Crippen LogP contribution in [-0.4, -0.2) is 0 Å². The maximum atomic E-state index is 17.0. The van der Waals surface area contributed by atoms with E-state index in [2.05, 4.69) is 62.2 Å². The quantitative estimate of drug-likeness (QED) is 0.103. The highest BCUT2D eigenvalue weighted by Gasteiger charge is 2.50. The summed E-state index contributed by atoms with van der Waals surface area (Å²) in [5.74, 6) is -6.83. The van der Waals surface area contributed by atoms with Crippen LogP contribution in [0, 0.1) is 34.9 Å². The van der Waals surface area contributed by atoms with Gasteiger partial charge in [0.2, 0.25) is 0 Å². The van der Waals surface area contributed by atoms with Gasteiger partial charge < -0.3 is 4.90 Å². The van der Waals surface area contributed by atoms with Gasteiger partial charge in [-0.25, -0.2) is 26.3 Å². The van der Waals surface area contributed by atoms with Crippen molar-refractivity contribution in [2.75, 3.05) is 4.90 Å². The van der Waals surface area contributed by atoms with Crippen molar-refractivity contribution < 1.29 is 26.3 Å². The number of halogens is 6. The number of hydrogen-bond donors (Lipinski definition) is 0. The molecule has 0 bridgehead atoms. The predicted molar refractivity (Wildman–Crippen MR) is 293 cm³/mol. The molecule has 0 spiro atoms. The highest BCUT2D eigenvalue weighted by molar-refractivity contribution is 5.93. The Morgan fingerprint density at radius 3 is 1.05 bits per heavy atom. The van der Waals surface area contributed by atoms with Crippen molar-refractivity contribution in [3.05, 3.63) is 315 Å². The Bertz CT molecular complexity index is 3890. The first-order chi connectivity index (χ1) is 36.8. The highest BCUT2D eigenvalue weighted by Crippen LogP contribution is 2.61. The molecule has 0 aliphatic heterocycles. The van der Waals surface area contributed by atoms with E-state index in [-0.39, 0.29) is 11.1 Å². The van der Waals surface area contributed by atoms with Crippen LogP contribution < -0.4 is 4.90 Å². The lowest BCUT2D eigenvalue weighted by Gasteiger charge is -2.36. The van der Waals surface area contributed by atoms with Gasteiger partial charge in [0.25, 0.3) is 0 Å². The van der Waals surface area contributed by atoms with Gasteiger partial charge in [0.05, 0.1) is 10.8 Å². The van der Waals surface area contributed by atoms with Crippen LogP contribution >= 0.6 is 0 Å². The molecule has 0 N–H and O–H groups in total. The van der Waals surface area contributed by atoms with Crippen molar-refractivity contribution in [2.24, 2.45) is 0 Å². The Labute approximate surface area is 437 Å². The minimum absolute atomic E-state index is 0.0687. The van der Waals surface area contributed by atoms with Gasteiger partial charge in [-0.1, -0.05) is 179 Å². The van der Waals surface area contributed by atoms with Crippen molar-refractivity contribution in [1.82, 2.24) is 0 Å². The maximum absolute atomic E-state index is 17.0. The lowest BCUT2D eigenvalue weighted by Crippen LogP contribution is -2.31. The molecule has 2 unspecified atom stereocenters. The van der Waals surface area contributed by atoms with Gasteiger partial charge in [0.15, 0.2) is 23.3 Å². The van der Waals surface area contributed by atoms with Gasteiger partial charge in [-0.3, -0.25) is 0 Å². The summed E-state index contributed by atoms with van der Waals surface area (Å²) < 4.78 is 96.1. The summed E-state index contributed by atoms with van der Waals surface area (Å²) in [4.78, 5) is 2.10. The Kier molecular flexibility index (Phi) is 10.5. The first-order valence-corrected chi connectivity index (χ1v) is 25.1. The number of anilines is 3. The summed E-state index contributed by atoms with van der Waals surface area (Å²) in [7, 11) is 0. The summed E-state index contributed by atoms with van der Waals surface area (Å²) in [5, 5.41) is 0. The summed E-state index contributed by atoms with van der Waals surface area (Å²) in [6, 6.07) is 60.2. The smallest absolute Gasteiger partial charge is 0.161 e. The largest absolute Gasteiger partial charge is 0.310 e. The fraction of sp³-hybridized carbons (Fsp3) is 0.0725. The molecule has 10 aromatic rings. The molecule has 3 aliphatic rings. The van der Waals surface area contributed by atoms with Crippen LogP contribution in [0.1, 0.15) is 80.6 Å². The zero-order valence-electron chi connectivity index (χ0n) is 41.3. The molecule has 0 aromatic heterocycles. The summed E-state index contributed by atoms with van der Waals surface area (Å²) in [6.07, 6.45) is 3.41. The molecular weight excluding hydrogens is 957 g/mol. The van der Waals surface area contributed by atoms with E-state index in [4.69, 9.17) is 0 Å². The van der Waals surface area contributed by atoms with Crippen LogP contribution in [0.5, 0.6) is 0 Å². The van der Waals surface area contributed by atoms with Crippen molar-refractivity contribution in [2.45, 2.75) is 30.1 Å². The monoisotopic (exact) mass is 1000 g/mol. The van der Waals surface area contributed by atoms with Crippen LogP contribution in [-0.2, 0) is 16.2 Å². The van der Waals surface area contributed by atoms with E-state index in [0.717, 1.165) is 67.9 Å². The molecule has 13 rings (SSSR count). The molecule has 76 heavy (non-hydrogen) atoms. The molecule has 0 heterocycles. The average Bonchev–Trinajstić information content (AvgIpc) is 4.19. The van der Waals surface area contributed by atoms with Gasteiger partial charge in [0, 0.05) is 45.7 Å². The Balaban J connectivity index is 1.12. The van der Waals surface area contributed by atoms with E-state index in [0.29, 0.717) is 56.9 Å². The molecule has 3 aliphatic carbocycles. The Hall–Kier alpha value is -8.94. The van der Waals surface area contributed by atoms with Gasteiger partial charge in [-0.15, -0.1) is 0 Å². The summed E-state index contributed by atoms with van der Waals surface area (Å²) in [5.41, 5.74) is 11.5. The van der Waals surface area contributed by atoms with Crippen molar-refractivity contribution in [1.29, 1.82) is 0 Å². The minimum Gasteiger partial charge on any atom is -0.310 e. The number of fused-ring (bicyclic) bond motifs is 9. The van der Waals surface area contributed by atoms with E-state index in [1.54, 1.807) is 12.2 Å². The topological polar surface area (TPSA) is 3.24 Å². The molecule has 0 radical (unpaired) electrons. The number of hydrogen-bond acceptors (Lipinski definition) is 1. The molecular formula is C69H45F6N. The molecule has 0 fully saturated rings. The molecule has 0 amide bonds. The van der Waals surface area contributed by atoms with Crippen molar-refractivity contribution >= 4 is 29.2 Å². The maximum Gasteiger partial charge on any atom is 0.161 e. The molecule has 10 aromatic carbocycles. The molecule has 368 valence electrons. The third kappa shape index (κ3) is 6.47. The summed E-state index contributed by atoms with van der Waals surface area (Å²) >= 11 is 0. The average molecular weight is 1000 g/mol. The van der Waals surface area contributed by atoms with Crippen LogP contribution in [0.3, 0.4) is 0 Å². The Morgan fingerprint density at radius 2 is 0.645 bits per heavy atom. The van der Waals surface area contributed by atoms with Crippen LogP contribution in [0.25, 0.3) is 45.5 Å². The number of rotatable bonds is 9.